The third-order valence-electron chi connectivity index (χ3n) is 4.68. The Balaban J connectivity index is 1.62. The molecule has 2 aromatic rings. The molecular formula is C21H24N2O6S. The van der Waals surface area contributed by atoms with E-state index in [1.54, 1.807) is 13.0 Å². The summed E-state index contributed by atoms with van der Waals surface area (Å²) in [6, 6.07) is 13.7. The number of nitrogens with one attached hydrogen (secondary N) is 1. The summed E-state index contributed by atoms with van der Waals surface area (Å²) in [6.07, 6.45) is 0. The maximum absolute atomic E-state index is 12.9. The summed E-state index contributed by atoms with van der Waals surface area (Å²) in [7, 11) is -3.75. The number of ether oxygens (including phenoxy) is 2. The Labute approximate surface area is 175 Å². The van der Waals surface area contributed by atoms with Gasteiger partial charge < -0.3 is 14.8 Å². The molecule has 0 saturated carbocycles. The Kier molecular flexibility index (Phi) is 7.20. The van der Waals surface area contributed by atoms with Crippen molar-refractivity contribution in [2.75, 3.05) is 32.9 Å². The van der Waals surface area contributed by atoms with Crippen molar-refractivity contribution >= 4 is 21.9 Å². The lowest BCUT2D eigenvalue weighted by molar-refractivity contribution is -0.124. The number of sulfonamides is 1. The maximum atomic E-state index is 12.9. The number of rotatable bonds is 7. The van der Waals surface area contributed by atoms with Crippen LogP contribution in [0.5, 0.6) is 0 Å². The van der Waals surface area contributed by atoms with Crippen LogP contribution in [-0.2, 0) is 30.8 Å². The van der Waals surface area contributed by atoms with Crippen molar-refractivity contribution in [2.24, 2.45) is 0 Å². The van der Waals surface area contributed by atoms with Gasteiger partial charge in [-0.3, -0.25) is 4.79 Å². The fourth-order valence-corrected chi connectivity index (χ4v) is 4.65. The molecule has 0 aromatic heterocycles. The molecule has 0 bridgehead atoms. The van der Waals surface area contributed by atoms with Crippen LogP contribution in [0.4, 0.5) is 0 Å². The van der Waals surface area contributed by atoms with Gasteiger partial charge in [0.05, 0.1) is 23.7 Å². The van der Waals surface area contributed by atoms with Crippen molar-refractivity contribution in [3.05, 3.63) is 65.2 Å². The van der Waals surface area contributed by atoms with Crippen molar-refractivity contribution < 1.29 is 27.5 Å². The van der Waals surface area contributed by atoms with E-state index in [0.717, 1.165) is 5.56 Å². The Bertz CT molecular complexity index is 1000. The van der Waals surface area contributed by atoms with Crippen molar-refractivity contribution in [2.45, 2.75) is 18.4 Å². The minimum atomic E-state index is -3.75. The topological polar surface area (TPSA) is 102 Å². The van der Waals surface area contributed by atoms with E-state index in [1.807, 2.05) is 30.3 Å². The minimum Gasteiger partial charge on any atom is -0.452 e. The van der Waals surface area contributed by atoms with Crippen molar-refractivity contribution in [3.63, 3.8) is 0 Å². The van der Waals surface area contributed by atoms with Gasteiger partial charge >= 0.3 is 5.97 Å². The predicted molar refractivity (Wildman–Crippen MR) is 109 cm³/mol. The number of amides is 1. The zero-order valence-electron chi connectivity index (χ0n) is 16.7. The van der Waals surface area contributed by atoms with E-state index < -0.39 is 28.5 Å². The molecule has 1 saturated heterocycles. The van der Waals surface area contributed by atoms with Crippen molar-refractivity contribution in [3.8, 4) is 0 Å². The van der Waals surface area contributed by atoms with Crippen molar-refractivity contribution in [1.29, 1.82) is 0 Å². The highest BCUT2D eigenvalue weighted by atomic mass is 32.2. The Morgan fingerprint density at radius 2 is 1.80 bits per heavy atom. The minimum absolute atomic E-state index is 0.0485. The second-order valence-electron chi connectivity index (χ2n) is 6.84. The molecule has 9 heteroatoms. The summed E-state index contributed by atoms with van der Waals surface area (Å²) in [5.41, 5.74) is 1.52. The van der Waals surface area contributed by atoms with E-state index in [0.29, 0.717) is 25.3 Å². The molecule has 0 spiro atoms. The number of esters is 1. The number of carbonyl (C=O) groups excluding carboxylic acids is 2. The SMILES string of the molecule is Cc1ccc(C(=O)OCC(=O)NCc2ccccc2)cc1S(=O)(=O)N1CCOCC1. The lowest BCUT2D eigenvalue weighted by Gasteiger charge is -2.26. The van der Waals surface area contributed by atoms with Gasteiger partial charge in [-0.25, -0.2) is 13.2 Å². The van der Waals surface area contributed by atoms with E-state index in [9.17, 15) is 18.0 Å². The van der Waals surface area contributed by atoms with Gasteiger partial charge in [0.1, 0.15) is 0 Å². The molecular weight excluding hydrogens is 408 g/mol. The first-order valence-corrected chi connectivity index (χ1v) is 11.0. The average molecular weight is 432 g/mol. The van der Waals surface area contributed by atoms with Crippen LogP contribution in [0.1, 0.15) is 21.5 Å². The van der Waals surface area contributed by atoms with Crippen molar-refractivity contribution in [1.82, 2.24) is 9.62 Å². The van der Waals surface area contributed by atoms with Crippen LogP contribution in [0, 0.1) is 6.92 Å². The van der Waals surface area contributed by atoms with E-state index in [2.05, 4.69) is 5.32 Å². The van der Waals surface area contributed by atoms with Gasteiger partial charge in [0, 0.05) is 19.6 Å². The molecule has 160 valence electrons. The number of aryl methyl sites for hydroxylation is 1. The van der Waals surface area contributed by atoms with Crippen LogP contribution in [0.2, 0.25) is 0 Å². The first-order chi connectivity index (χ1) is 14.4. The quantitative estimate of drug-likeness (QED) is 0.665. The van der Waals surface area contributed by atoms with E-state index >= 15 is 0 Å². The maximum Gasteiger partial charge on any atom is 0.338 e. The molecule has 30 heavy (non-hydrogen) atoms. The molecule has 1 heterocycles. The molecule has 0 unspecified atom stereocenters. The number of hydrogen-bond acceptors (Lipinski definition) is 6. The molecule has 1 N–H and O–H groups in total. The van der Waals surface area contributed by atoms with Gasteiger partial charge in [-0.2, -0.15) is 4.31 Å². The third kappa shape index (κ3) is 5.44. The van der Waals surface area contributed by atoms with Crippen LogP contribution in [0.25, 0.3) is 0 Å². The molecule has 3 rings (SSSR count). The summed E-state index contributed by atoms with van der Waals surface area (Å²) >= 11 is 0. The number of nitrogens with zero attached hydrogens (tertiary/aromatic N) is 1. The lowest BCUT2D eigenvalue weighted by atomic mass is 10.1. The lowest BCUT2D eigenvalue weighted by Crippen LogP contribution is -2.40. The van der Waals surface area contributed by atoms with Crippen LogP contribution < -0.4 is 5.32 Å². The van der Waals surface area contributed by atoms with Crippen LogP contribution in [-0.4, -0.2) is 57.5 Å². The highest BCUT2D eigenvalue weighted by molar-refractivity contribution is 7.89. The van der Waals surface area contributed by atoms with Crippen LogP contribution in [0.15, 0.2) is 53.4 Å². The monoisotopic (exact) mass is 432 g/mol. The fourth-order valence-electron chi connectivity index (χ4n) is 2.99. The standard InChI is InChI=1S/C21H24N2O6S/c1-16-7-8-18(13-19(16)30(26,27)23-9-11-28-12-10-23)21(25)29-15-20(24)22-14-17-5-3-2-4-6-17/h2-8,13H,9-12,14-15H2,1H3,(H,22,24). The van der Waals surface area contributed by atoms with Gasteiger partial charge in [-0.15, -0.1) is 0 Å². The number of benzene rings is 2. The Hall–Kier alpha value is -2.75. The number of hydrogen-bond donors (Lipinski definition) is 1. The summed E-state index contributed by atoms with van der Waals surface area (Å²) < 4.78 is 37.4. The molecule has 1 amide bonds. The average Bonchev–Trinajstić information content (AvgIpc) is 2.77. The van der Waals surface area contributed by atoms with Crippen LogP contribution >= 0.6 is 0 Å². The van der Waals surface area contributed by atoms with E-state index in [4.69, 9.17) is 9.47 Å². The van der Waals surface area contributed by atoms with Gasteiger partial charge in [0.15, 0.2) is 6.61 Å². The first kappa shape index (κ1) is 21.9. The second-order valence-corrected chi connectivity index (χ2v) is 8.74. The van der Waals surface area contributed by atoms with E-state index in [1.165, 1.54) is 16.4 Å². The highest BCUT2D eigenvalue weighted by Gasteiger charge is 2.28. The summed E-state index contributed by atoms with van der Waals surface area (Å²) in [5.74, 6) is -1.20. The third-order valence-corrected chi connectivity index (χ3v) is 6.72. The molecule has 1 aliphatic rings. The smallest absolute Gasteiger partial charge is 0.338 e. The zero-order chi connectivity index (χ0) is 21.6. The zero-order valence-corrected chi connectivity index (χ0v) is 17.5. The highest BCUT2D eigenvalue weighted by Crippen LogP contribution is 2.22. The molecule has 8 nitrogen and oxygen atoms in total. The normalized spacial score (nSPS) is 14.8. The molecule has 0 atom stereocenters. The summed E-state index contributed by atoms with van der Waals surface area (Å²) in [5, 5.41) is 2.66. The molecule has 1 fully saturated rings. The number of morpholine rings is 1. The van der Waals surface area contributed by atoms with Gasteiger partial charge in [0.2, 0.25) is 10.0 Å². The largest absolute Gasteiger partial charge is 0.452 e. The fraction of sp³-hybridized carbons (Fsp3) is 0.333. The molecule has 2 aromatic carbocycles. The van der Waals surface area contributed by atoms with Crippen LogP contribution in [0.3, 0.4) is 0 Å². The number of carbonyl (C=O) groups is 2. The Morgan fingerprint density at radius 3 is 2.50 bits per heavy atom. The summed E-state index contributed by atoms with van der Waals surface area (Å²) in [4.78, 5) is 24.3. The first-order valence-electron chi connectivity index (χ1n) is 9.54. The van der Waals surface area contributed by atoms with Gasteiger partial charge in [-0.1, -0.05) is 36.4 Å². The molecule has 0 aliphatic carbocycles. The van der Waals surface area contributed by atoms with Gasteiger partial charge in [0.25, 0.3) is 5.91 Å². The predicted octanol–water partition coefficient (Wildman–Crippen LogP) is 1.49. The molecule has 1 aliphatic heterocycles. The second kappa shape index (κ2) is 9.84. The summed E-state index contributed by atoms with van der Waals surface area (Å²) in [6.45, 7) is 2.72. The van der Waals surface area contributed by atoms with Gasteiger partial charge in [-0.05, 0) is 30.2 Å². The molecule has 0 radical (unpaired) electrons. The van der Waals surface area contributed by atoms with E-state index in [-0.39, 0.29) is 23.5 Å². The Morgan fingerprint density at radius 1 is 1.10 bits per heavy atom.